The van der Waals surface area contributed by atoms with E-state index < -0.39 is 46.7 Å². The van der Waals surface area contributed by atoms with Gasteiger partial charge in [0.05, 0.1) is 22.5 Å². The summed E-state index contributed by atoms with van der Waals surface area (Å²) in [6.45, 7) is 7.12. The number of fused-ring (bicyclic) bond motifs is 4. The van der Waals surface area contributed by atoms with Gasteiger partial charge in [-0.15, -0.1) is 0 Å². The third-order valence-electron chi connectivity index (χ3n) is 6.26. The molecule has 1 aromatic carbocycles. The van der Waals surface area contributed by atoms with Crippen molar-refractivity contribution in [3.63, 3.8) is 0 Å². The number of carbonyl (C=O) groups excluding carboxylic acids is 3. The van der Waals surface area contributed by atoms with Crippen LogP contribution in [-0.2, 0) is 24.7 Å². The molecule has 0 bridgehead atoms. The molecule has 0 aromatic heterocycles. The number of rotatable bonds is 3. The van der Waals surface area contributed by atoms with E-state index in [0.717, 1.165) is 5.56 Å². The first-order chi connectivity index (χ1) is 13.9. The smallest absolute Gasteiger partial charge is 0.303 e. The molecule has 0 aliphatic carbocycles. The molecule has 1 aromatic rings. The van der Waals surface area contributed by atoms with E-state index in [1.54, 1.807) is 32.9 Å². The Kier molecular flexibility index (Phi) is 4.52. The Labute approximate surface area is 178 Å². The zero-order valence-electron chi connectivity index (χ0n) is 17.2. The summed E-state index contributed by atoms with van der Waals surface area (Å²) in [7, 11) is 0. The molecule has 3 heterocycles. The third-order valence-corrected chi connectivity index (χ3v) is 6.56. The van der Waals surface area contributed by atoms with Gasteiger partial charge >= 0.3 is 5.97 Å². The van der Waals surface area contributed by atoms with Gasteiger partial charge in [0.15, 0.2) is 0 Å². The normalized spacial score (nSPS) is 30.1. The number of amides is 3. The number of anilines is 1. The number of carboxylic acids is 1. The predicted molar refractivity (Wildman–Crippen MR) is 109 cm³/mol. The number of aliphatic carboxylic acids is 1. The van der Waals surface area contributed by atoms with Gasteiger partial charge in [-0.3, -0.25) is 29.4 Å². The Bertz CT molecular complexity index is 1000. The standard InChI is InChI=1S/C21H24ClN3O5/c1-9-7-10-16(11(22)8-9)23-19(30)21(10)15-14(12(24-21)5-6-13(26)27)17(28)25(18(15)29)20(2,3)4/h7-8,12,14-15,24H,5-6H2,1-4H3,(H,23,30)(H,26,27). The molecule has 160 valence electrons. The predicted octanol–water partition coefficient (Wildman–Crippen LogP) is 2.03. The number of benzene rings is 1. The summed E-state index contributed by atoms with van der Waals surface area (Å²) in [5.41, 5.74) is -0.467. The van der Waals surface area contributed by atoms with E-state index in [2.05, 4.69) is 10.6 Å². The Morgan fingerprint density at radius 1 is 1.23 bits per heavy atom. The van der Waals surface area contributed by atoms with Crippen molar-refractivity contribution in [3.8, 4) is 0 Å². The minimum absolute atomic E-state index is 0.122. The van der Waals surface area contributed by atoms with E-state index in [-0.39, 0.29) is 18.7 Å². The van der Waals surface area contributed by atoms with Gasteiger partial charge in [0.25, 0.3) is 0 Å². The van der Waals surface area contributed by atoms with Crippen LogP contribution in [0.2, 0.25) is 5.02 Å². The fraction of sp³-hybridized carbons (Fsp3) is 0.524. The fourth-order valence-electron chi connectivity index (χ4n) is 5.18. The second kappa shape index (κ2) is 6.52. The first-order valence-electron chi connectivity index (χ1n) is 9.89. The summed E-state index contributed by atoms with van der Waals surface area (Å²) in [6.07, 6.45) is -0.0611. The largest absolute Gasteiger partial charge is 0.481 e. The van der Waals surface area contributed by atoms with Crippen LogP contribution < -0.4 is 10.6 Å². The Morgan fingerprint density at radius 2 is 1.90 bits per heavy atom. The highest BCUT2D eigenvalue weighted by molar-refractivity contribution is 6.35. The zero-order valence-corrected chi connectivity index (χ0v) is 18.0. The molecule has 9 heteroatoms. The molecule has 2 fully saturated rings. The first kappa shape index (κ1) is 20.8. The van der Waals surface area contributed by atoms with Crippen molar-refractivity contribution in [3.05, 3.63) is 28.3 Å². The number of halogens is 1. The van der Waals surface area contributed by atoms with E-state index in [1.165, 1.54) is 4.90 Å². The van der Waals surface area contributed by atoms with Crippen molar-refractivity contribution < 1.29 is 24.3 Å². The second-order valence-corrected chi connectivity index (χ2v) is 9.71. The van der Waals surface area contributed by atoms with Crippen molar-refractivity contribution >= 4 is 41.0 Å². The molecular formula is C21H24ClN3O5. The Morgan fingerprint density at radius 3 is 2.50 bits per heavy atom. The molecule has 0 saturated carbocycles. The average molecular weight is 434 g/mol. The van der Waals surface area contributed by atoms with Crippen LogP contribution in [0.15, 0.2) is 12.1 Å². The fourth-order valence-corrected chi connectivity index (χ4v) is 5.50. The van der Waals surface area contributed by atoms with Crippen LogP contribution >= 0.6 is 11.6 Å². The number of hydrogen-bond donors (Lipinski definition) is 3. The number of carbonyl (C=O) groups is 4. The molecule has 3 N–H and O–H groups in total. The van der Waals surface area contributed by atoms with Gasteiger partial charge in [-0.2, -0.15) is 0 Å². The molecule has 2 saturated heterocycles. The molecule has 4 atom stereocenters. The lowest BCUT2D eigenvalue weighted by Gasteiger charge is -2.34. The van der Waals surface area contributed by atoms with Crippen LogP contribution in [0, 0.1) is 18.8 Å². The summed E-state index contributed by atoms with van der Waals surface area (Å²) < 4.78 is 0. The minimum Gasteiger partial charge on any atom is -0.481 e. The Hall–Kier alpha value is -2.45. The lowest BCUT2D eigenvalue weighted by Crippen LogP contribution is -2.55. The topological polar surface area (TPSA) is 116 Å². The lowest BCUT2D eigenvalue weighted by molar-refractivity contribution is -0.148. The van der Waals surface area contributed by atoms with Gasteiger partial charge in [-0.25, -0.2) is 0 Å². The molecule has 3 aliphatic rings. The van der Waals surface area contributed by atoms with Crippen LogP contribution in [0.4, 0.5) is 5.69 Å². The highest BCUT2D eigenvalue weighted by Crippen LogP contribution is 2.55. The molecule has 0 radical (unpaired) electrons. The molecule has 8 nitrogen and oxygen atoms in total. The highest BCUT2D eigenvalue weighted by Gasteiger charge is 2.71. The van der Waals surface area contributed by atoms with Crippen LogP contribution in [0.25, 0.3) is 0 Å². The number of nitrogens with one attached hydrogen (secondary N) is 2. The summed E-state index contributed by atoms with van der Waals surface area (Å²) in [5, 5.41) is 15.5. The van der Waals surface area contributed by atoms with Crippen molar-refractivity contribution in [1.29, 1.82) is 0 Å². The number of imide groups is 1. The SMILES string of the molecule is Cc1cc(Cl)c2c(c1)C1(NC(CCC(=O)O)C3C(=O)N(C(C)(C)C)C(=O)C31)C(=O)N2. The molecule has 4 rings (SSSR count). The van der Waals surface area contributed by atoms with Crippen molar-refractivity contribution in [1.82, 2.24) is 10.2 Å². The third kappa shape index (κ3) is 2.70. The lowest BCUT2D eigenvalue weighted by atomic mass is 9.76. The van der Waals surface area contributed by atoms with Gasteiger partial charge in [-0.1, -0.05) is 17.7 Å². The zero-order chi connectivity index (χ0) is 22.2. The molecule has 30 heavy (non-hydrogen) atoms. The molecular weight excluding hydrogens is 410 g/mol. The molecule has 1 spiro atoms. The van der Waals surface area contributed by atoms with Crippen LogP contribution in [-0.4, -0.2) is 45.3 Å². The van der Waals surface area contributed by atoms with Crippen molar-refractivity contribution in [2.24, 2.45) is 11.8 Å². The monoisotopic (exact) mass is 433 g/mol. The van der Waals surface area contributed by atoms with E-state index in [4.69, 9.17) is 16.7 Å². The minimum atomic E-state index is -1.47. The molecule has 3 amide bonds. The first-order valence-corrected chi connectivity index (χ1v) is 10.3. The number of likely N-dealkylation sites (tertiary alicyclic amines) is 1. The molecule has 3 aliphatic heterocycles. The summed E-state index contributed by atoms with van der Waals surface area (Å²) in [5.74, 6) is -4.06. The van der Waals surface area contributed by atoms with Gasteiger partial charge in [0.1, 0.15) is 5.54 Å². The van der Waals surface area contributed by atoms with E-state index >= 15 is 0 Å². The molecule has 4 unspecified atom stereocenters. The number of aryl methyl sites for hydroxylation is 1. The van der Waals surface area contributed by atoms with Gasteiger partial charge in [0, 0.05) is 23.6 Å². The van der Waals surface area contributed by atoms with Gasteiger partial charge in [-0.05, 0) is 45.7 Å². The van der Waals surface area contributed by atoms with Crippen molar-refractivity contribution in [2.45, 2.75) is 57.7 Å². The van der Waals surface area contributed by atoms with Crippen LogP contribution in [0.5, 0.6) is 0 Å². The van der Waals surface area contributed by atoms with Crippen LogP contribution in [0.3, 0.4) is 0 Å². The highest BCUT2D eigenvalue weighted by atomic mass is 35.5. The van der Waals surface area contributed by atoms with E-state index in [0.29, 0.717) is 16.3 Å². The Balaban J connectivity index is 1.90. The second-order valence-electron chi connectivity index (χ2n) is 9.30. The maximum atomic E-state index is 13.5. The maximum absolute atomic E-state index is 13.5. The number of hydrogen-bond acceptors (Lipinski definition) is 5. The quantitative estimate of drug-likeness (QED) is 0.628. The average Bonchev–Trinajstić information content (AvgIpc) is 3.18. The van der Waals surface area contributed by atoms with E-state index in [9.17, 15) is 19.2 Å². The summed E-state index contributed by atoms with van der Waals surface area (Å²) in [4.78, 5) is 52.6. The van der Waals surface area contributed by atoms with Crippen molar-refractivity contribution in [2.75, 3.05) is 5.32 Å². The number of nitrogens with zero attached hydrogens (tertiary/aromatic N) is 1. The van der Waals surface area contributed by atoms with Gasteiger partial charge in [0.2, 0.25) is 17.7 Å². The van der Waals surface area contributed by atoms with Gasteiger partial charge < -0.3 is 10.4 Å². The summed E-state index contributed by atoms with van der Waals surface area (Å²) in [6, 6.07) is 2.88. The van der Waals surface area contributed by atoms with Crippen LogP contribution in [0.1, 0.15) is 44.7 Å². The van der Waals surface area contributed by atoms with E-state index in [1.807, 2.05) is 6.92 Å². The summed E-state index contributed by atoms with van der Waals surface area (Å²) >= 11 is 6.37. The number of carboxylic acid groups (broad SMARTS) is 1. The maximum Gasteiger partial charge on any atom is 0.303 e.